The van der Waals surface area contributed by atoms with Crippen molar-refractivity contribution in [2.45, 2.75) is 65.1 Å². The second-order valence-electron chi connectivity index (χ2n) is 7.58. The molecule has 0 aliphatic heterocycles. The number of carbonyl (C=O) groups excluding carboxylic acids is 1. The van der Waals surface area contributed by atoms with E-state index in [9.17, 15) is 4.79 Å². The van der Waals surface area contributed by atoms with Crippen LogP contribution in [0.15, 0.2) is 30.5 Å². The summed E-state index contributed by atoms with van der Waals surface area (Å²) in [6.45, 7) is 11.2. The van der Waals surface area contributed by atoms with Crippen LogP contribution in [0.5, 0.6) is 0 Å². The third-order valence-corrected chi connectivity index (χ3v) is 4.57. The molecule has 3 N–H and O–H groups in total. The largest absolute Gasteiger partial charge is 0.444 e. The quantitative estimate of drug-likeness (QED) is 0.699. The molecule has 0 atom stereocenters. The van der Waals surface area contributed by atoms with Gasteiger partial charge in [-0.15, -0.1) is 0 Å². The number of amides is 1. The number of nitrogens with one attached hydrogen (secondary N) is 3. The van der Waals surface area contributed by atoms with Crippen molar-refractivity contribution in [1.29, 1.82) is 0 Å². The fraction of sp³-hybridized carbons (Fsp3) is 0.550. The van der Waals surface area contributed by atoms with Gasteiger partial charge in [-0.3, -0.25) is 0 Å². The second kappa shape index (κ2) is 7.91. The van der Waals surface area contributed by atoms with Crippen LogP contribution in [0, 0.1) is 0 Å². The predicted octanol–water partition coefficient (Wildman–Crippen LogP) is 4.34. The number of aromatic amines is 1. The van der Waals surface area contributed by atoms with E-state index >= 15 is 0 Å². The molecule has 1 aromatic heterocycles. The topological polar surface area (TPSA) is 66.2 Å². The van der Waals surface area contributed by atoms with E-state index in [1.54, 1.807) is 0 Å². The highest BCUT2D eigenvalue weighted by Gasteiger charge is 2.30. The van der Waals surface area contributed by atoms with Gasteiger partial charge < -0.3 is 20.4 Å². The lowest BCUT2D eigenvalue weighted by molar-refractivity contribution is 0.0446. The van der Waals surface area contributed by atoms with Gasteiger partial charge in [0.2, 0.25) is 0 Å². The van der Waals surface area contributed by atoms with Gasteiger partial charge in [0.05, 0.1) is 5.54 Å². The molecular formula is C20H31N3O2. The number of hydrogen-bond acceptors (Lipinski definition) is 3. The van der Waals surface area contributed by atoms with Crippen molar-refractivity contribution >= 4 is 17.0 Å². The number of fused-ring (bicyclic) bond motifs is 1. The first kappa shape index (κ1) is 19.3. The number of benzene rings is 1. The first-order valence-electron chi connectivity index (χ1n) is 9.05. The monoisotopic (exact) mass is 345 g/mol. The van der Waals surface area contributed by atoms with Gasteiger partial charge in [-0.2, -0.15) is 0 Å². The first-order chi connectivity index (χ1) is 11.8. The van der Waals surface area contributed by atoms with Crippen molar-refractivity contribution in [3.63, 3.8) is 0 Å². The molecule has 2 rings (SSSR count). The SMILES string of the molecule is CCC(CC)(CNCc1cccc2cc[nH]c12)NC(=O)OC(C)(C)C. The molecule has 0 aliphatic carbocycles. The van der Waals surface area contributed by atoms with E-state index in [0.717, 1.165) is 24.9 Å². The third-order valence-electron chi connectivity index (χ3n) is 4.57. The van der Waals surface area contributed by atoms with Crippen LogP contribution < -0.4 is 10.6 Å². The highest BCUT2D eigenvalue weighted by molar-refractivity contribution is 5.82. The van der Waals surface area contributed by atoms with E-state index in [1.165, 1.54) is 10.9 Å². The van der Waals surface area contributed by atoms with Crippen LogP contribution >= 0.6 is 0 Å². The number of ether oxygens (including phenoxy) is 1. The van der Waals surface area contributed by atoms with E-state index in [0.29, 0.717) is 6.54 Å². The zero-order valence-corrected chi connectivity index (χ0v) is 16.0. The van der Waals surface area contributed by atoms with E-state index < -0.39 is 5.60 Å². The van der Waals surface area contributed by atoms with Gasteiger partial charge in [0.1, 0.15) is 5.60 Å². The van der Waals surface area contributed by atoms with Crippen LogP contribution in [0.3, 0.4) is 0 Å². The molecular weight excluding hydrogens is 314 g/mol. The average molecular weight is 345 g/mol. The van der Waals surface area contributed by atoms with Gasteiger partial charge in [-0.05, 0) is 50.6 Å². The van der Waals surface area contributed by atoms with Crippen molar-refractivity contribution in [1.82, 2.24) is 15.6 Å². The molecule has 1 aromatic carbocycles. The zero-order valence-electron chi connectivity index (χ0n) is 16.0. The van der Waals surface area contributed by atoms with Gasteiger partial charge >= 0.3 is 6.09 Å². The van der Waals surface area contributed by atoms with Gasteiger partial charge in [0.15, 0.2) is 0 Å². The second-order valence-corrected chi connectivity index (χ2v) is 7.58. The summed E-state index contributed by atoms with van der Waals surface area (Å²) in [5, 5.41) is 7.79. The molecule has 5 nitrogen and oxygen atoms in total. The molecule has 0 fully saturated rings. The Labute approximate surface area is 150 Å². The Morgan fingerprint density at radius 3 is 2.52 bits per heavy atom. The molecule has 5 heteroatoms. The zero-order chi connectivity index (χ0) is 18.5. The highest BCUT2D eigenvalue weighted by Crippen LogP contribution is 2.19. The maximum atomic E-state index is 12.2. The minimum Gasteiger partial charge on any atom is -0.444 e. The molecule has 1 amide bonds. The van der Waals surface area contributed by atoms with Crippen LogP contribution in [0.2, 0.25) is 0 Å². The Hall–Kier alpha value is -2.01. The minimum absolute atomic E-state index is 0.314. The minimum atomic E-state index is -0.492. The maximum Gasteiger partial charge on any atom is 0.408 e. The van der Waals surface area contributed by atoms with Gasteiger partial charge in [0.25, 0.3) is 0 Å². The lowest BCUT2D eigenvalue weighted by atomic mass is 9.92. The molecule has 0 aliphatic rings. The summed E-state index contributed by atoms with van der Waals surface area (Å²) in [5.74, 6) is 0. The van der Waals surface area contributed by atoms with Gasteiger partial charge in [0, 0.05) is 24.8 Å². The smallest absolute Gasteiger partial charge is 0.408 e. The lowest BCUT2D eigenvalue weighted by Crippen LogP contribution is -2.55. The Balaban J connectivity index is 1.99. The first-order valence-corrected chi connectivity index (χ1v) is 9.05. The molecule has 1 heterocycles. The summed E-state index contributed by atoms with van der Waals surface area (Å²) in [6.07, 6.45) is 3.27. The number of carbonyl (C=O) groups is 1. The Kier molecular flexibility index (Phi) is 6.11. The van der Waals surface area contributed by atoms with Crippen molar-refractivity contribution < 1.29 is 9.53 Å². The Bertz CT molecular complexity index is 696. The molecule has 2 aromatic rings. The summed E-state index contributed by atoms with van der Waals surface area (Å²) in [6, 6.07) is 8.36. The molecule has 0 saturated heterocycles. The standard InChI is InChI=1S/C20H31N3O2/c1-6-20(7-2,23-18(24)25-19(3,4)5)14-21-13-16-10-8-9-15-11-12-22-17(15)16/h8-12,21-22H,6-7,13-14H2,1-5H3,(H,23,24). The van der Waals surface area contributed by atoms with E-state index in [4.69, 9.17) is 4.74 Å². The van der Waals surface area contributed by atoms with Crippen molar-refractivity contribution in [2.24, 2.45) is 0 Å². The van der Waals surface area contributed by atoms with E-state index in [-0.39, 0.29) is 11.6 Å². The molecule has 138 valence electrons. The molecule has 0 bridgehead atoms. The van der Waals surface area contributed by atoms with Crippen molar-refractivity contribution in [3.05, 3.63) is 36.0 Å². The number of hydrogen-bond donors (Lipinski definition) is 3. The average Bonchev–Trinajstić information content (AvgIpc) is 3.01. The van der Waals surface area contributed by atoms with E-state index in [1.807, 2.05) is 27.0 Å². The number of rotatable bonds is 7. The number of para-hydroxylation sites is 1. The van der Waals surface area contributed by atoms with Crippen molar-refractivity contribution in [2.75, 3.05) is 6.54 Å². The Morgan fingerprint density at radius 2 is 1.88 bits per heavy atom. The van der Waals surface area contributed by atoms with Crippen LogP contribution in [0.4, 0.5) is 4.79 Å². The summed E-state index contributed by atoms with van der Waals surface area (Å²) < 4.78 is 5.43. The van der Waals surface area contributed by atoms with Gasteiger partial charge in [-0.1, -0.05) is 32.0 Å². The van der Waals surface area contributed by atoms with Crippen LogP contribution in [-0.4, -0.2) is 28.8 Å². The highest BCUT2D eigenvalue weighted by atomic mass is 16.6. The molecule has 0 radical (unpaired) electrons. The summed E-state index contributed by atoms with van der Waals surface area (Å²) in [4.78, 5) is 15.5. The fourth-order valence-corrected chi connectivity index (χ4v) is 2.97. The molecule has 0 spiro atoms. The van der Waals surface area contributed by atoms with Crippen LogP contribution in [-0.2, 0) is 11.3 Å². The number of aromatic nitrogens is 1. The predicted molar refractivity (Wildman–Crippen MR) is 103 cm³/mol. The normalized spacial score (nSPS) is 12.4. The number of alkyl carbamates (subject to hydrolysis) is 1. The molecule has 0 unspecified atom stereocenters. The van der Waals surface area contributed by atoms with Crippen LogP contribution in [0.25, 0.3) is 10.9 Å². The Morgan fingerprint density at radius 1 is 1.16 bits per heavy atom. The molecule has 25 heavy (non-hydrogen) atoms. The lowest BCUT2D eigenvalue weighted by Gasteiger charge is -2.34. The van der Waals surface area contributed by atoms with Crippen LogP contribution in [0.1, 0.15) is 53.0 Å². The number of H-pyrrole nitrogens is 1. The fourth-order valence-electron chi connectivity index (χ4n) is 2.97. The maximum absolute atomic E-state index is 12.2. The third kappa shape index (κ3) is 5.23. The van der Waals surface area contributed by atoms with Crippen molar-refractivity contribution in [3.8, 4) is 0 Å². The summed E-state index contributed by atoms with van der Waals surface area (Å²) in [5.41, 5.74) is 1.58. The van der Waals surface area contributed by atoms with E-state index in [2.05, 4.69) is 53.7 Å². The molecule has 0 saturated carbocycles. The summed E-state index contributed by atoms with van der Waals surface area (Å²) >= 11 is 0. The van der Waals surface area contributed by atoms with Gasteiger partial charge in [-0.25, -0.2) is 4.79 Å². The summed E-state index contributed by atoms with van der Waals surface area (Å²) in [7, 11) is 0.